The number of hydrogen-bond donors (Lipinski definition) is 1. The topological polar surface area (TPSA) is 33.1 Å². The smallest absolute Gasteiger partial charge is 0.0964 e. The molecule has 2 rings (SSSR count). The Morgan fingerprint density at radius 1 is 1.24 bits per heavy atom. The van der Waals surface area contributed by atoms with Crippen LogP contribution in [0.4, 0.5) is 0 Å². The molecule has 0 aliphatic carbocycles. The lowest BCUT2D eigenvalue weighted by Crippen LogP contribution is -2.24. The van der Waals surface area contributed by atoms with Gasteiger partial charge in [0.1, 0.15) is 0 Å². The van der Waals surface area contributed by atoms with Gasteiger partial charge < -0.3 is 5.11 Å². The van der Waals surface area contributed by atoms with Gasteiger partial charge >= 0.3 is 0 Å². The van der Waals surface area contributed by atoms with Crippen LogP contribution in [0.1, 0.15) is 25.8 Å². The zero-order valence-electron chi connectivity index (χ0n) is 10.6. The average molecular weight is 249 g/mol. The molecular weight excluding hydrogens is 230 g/mol. The minimum Gasteiger partial charge on any atom is -0.392 e. The zero-order chi connectivity index (χ0) is 12.4. The molecular formula is C14H19NOS. The van der Waals surface area contributed by atoms with Gasteiger partial charge in [-0.2, -0.15) is 0 Å². The molecule has 0 aliphatic rings. The van der Waals surface area contributed by atoms with Crippen LogP contribution in [0, 0.1) is 11.8 Å². The summed E-state index contributed by atoms with van der Waals surface area (Å²) >= 11 is 1.68. The molecule has 1 N–H and O–H groups in total. The van der Waals surface area contributed by atoms with Crippen molar-refractivity contribution in [3.05, 3.63) is 29.3 Å². The Labute approximate surface area is 106 Å². The fourth-order valence-electron chi connectivity index (χ4n) is 1.82. The van der Waals surface area contributed by atoms with E-state index in [1.807, 2.05) is 18.2 Å². The van der Waals surface area contributed by atoms with E-state index >= 15 is 0 Å². The molecule has 1 aromatic heterocycles. The number of nitrogens with zero attached hydrogens (tertiary/aromatic N) is 1. The van der Waals surface area contributed by atoms with Crippen molar-refractivity contribution in [3.63, 3.8) is 0 Å². The largest absolute Gasteiger partial charge is 0.392 e. The first kappa shape index (κ1) is 12.5. The lowest BCUT2D eigenvalue weighted by atomic mass is 9.91. The first-order valence-electron chi connectivity index (χ1n) is 6.10. The second-order valence-corrected chi connectivity index (χ2v) is 6.07. The summed E-state index contributed by atoms with van der Waals surface area (Å²) in [5.74, 6) is 0.807. The van der Waals surface area contributed by atoms with E-state index in [0.29, 0.717) is 18.3 Å². The number of hydrogen-bond acceptors (Lipinski definition) is 3. The molecule has 0 saturated heterocycles. The minimum absolute atomic E-state index is 0.296. The average Bonchev–Trinajstić information content (AvgIpc) is 2.69. The van der Waals surface area contributed by atoms with Crippen LogP contribution >= 0.6 is 11.3 Å². The predicted octanol–water partition coefficient (Wildman–Crippen LogP) is 3.49. The van der Waals surface area contributed by atoms with Gasteiger partial charge in [0.05, 0.1) is 21.3 Å². The van der Waals surface area contributed by atoms with Crippen molar-refractivity contribution < 1.29 is 5.11 Å². The van der Waals surface area contributed by atoms with Crippen LogP contribution in [-0.2, 0) is 6.42 Å². The summed E-state index contributed by atoms with van der Waals surface area (Å²) in [6.07, 6.45) is 0.370. The Balaban J connectivity index is 2.13. The maximum Gasteiger partial charge on any atom is 0.0964 e. The number of aliphatic hydroxyl groups is 1. The molecule has 0 spiro atoms. The fourth-order valence-corrected chi connectivity index (χ4v) is 2.83. The van der Waals surface area contributed by atoms with Gasteiger partial charge in [-0.05, 0) is 24.0 Å². The lowest BCUT2D eigenvalue weighted by Gasteiger charge is -2.21. The SMILES string of the molecule is CC(C)C(C)C(O)Cc1nc2ccccc2s1. The van der Waals surface area contributed by atoms with Crippen LogP contribution in [0.15, 0.2) is 24.3 Å². The van der Waals surface area contributed by atoms with E-state index in [0.717, 1.165) is 10.5 Å². The normalized spacial score (nSPS) is 15.4. The first-order chi connectivity index (χ1) is 8.08. The van der Waals surface area contributed by atoms with Crippen molar-refractivity contribution in [2.75, 3.05) is 0 Å². The molecule has 0 amide bonds. The number of thiazole rings is 1. The molecule has 17 heavy (non-hydrogen) atoms. The molecule has 0 radical (unpaired) electrons. The molecule has 3 heteroatoms. The van der Waals surface area contributed by atoms with Gasteiger partial charge in [0, 0.05) is 6.42 Å². The number of aliphatic hydroxyl groups excluding tert-OH is 1. The molecule has 2 nitrogen and oxygen atoms in total. The Bertz CT molecular complexity index is 459. The highest BCUT2D eigenvalue weighted by Crippen LogP contribution is 2.25. The highest BCUT2D eigenvalue weighted by atomic mass is 32.1. The molecule has 1 heterocycles. The number of rotatable bonds is 4. The van der Waals surface area contributed by atoms with Gasteiger partial charge in [-0.25, -0.2) is 4.98 Å². The second kappa shape index (κ2) is 5.15. The van der Waals surface area contributed by atoms with Crippen LogP contribution in [0.3, 0.4) is 0 Å². The highest BCUT2D eigenvalue weighted by Gasteiger charge is 2.19. The quantitative estimate of drug-likeness (QED) is 0.899. The Morgan fingerprint density at radius 2 is 1.94 bits per heavy atom. The number of fused-ring (bicyclic) bond motifs is 1. The molecule has 92 valence electrons. The van der Waals surface area contributed by atoms with Gasteiger partial charge in [-0.1, -0.05) is 32.9 Å². The third-order valence-electron chi connectivity index (χ3n) is 3.38. The van der Waals surface area contributed by atoms with E-state index in [1.165, 1.54) is 4.70 Å². The molecule has 0 saturated carbocycles. The monoisotopic (exact) mass is 249 g/mol. The van der Waals surface area contributed by atoms with E-state index in [9.17, 15) is 5.11 Å². The maximum absolute atomic E-state index is 10.1. The van der Waals surface area contributed by atoms with Crippen LogP contribution in [-0.4, -0.2) is 16.2 Å². The van der Waals surface area contributed by atoms with Gasteiger partial charge in [0.2, 0.25) is 0 Å². The summed E-state index contributed by atoms with van der Waals surface area (Å²) in [5.41, 5.74) is 1.04. The predicted molar refractivity (Wildman–Crippen MR) is 73.3 cm³/mol. The Morgan fingerprint density at radius 3 is 2.59 bits per heavy atom. The molecule has 2 aromatic rings. The van der Waals surface area contributed by atoms with Crippen LogP contribution in [0.25, 0.3) is 10.2 Å². The summed E-state index contributed by atoms with van der Waals surface area (Å²) in [6.45, 7) is 6.39. The van der Waals surface area contributed by atoms with Crippen molar-refractivity contribution in [1.82, 2.24) is 4.98 Å². The van der Waals surface area contributed by atoms with Crippen molar-refractivity contribution in [1.29, 1.82) is 0 Å². The van der Waals surface area contributed by atoms with Crippen LogP contribution in [0.2, 0.25) is 0 Å². The molecule has 2 atom stereocenters. The van der Waals surface area contributed by atoms with Gasteiger partial charge in [-0.15, -0.1) is 11.3 Å². The van der Waals surface area contributed by atoms with E-state index < -0.39 is 0 Å². The van der Waals surface area contributed by atoms with Crippen molar-refractivity contribution in [2.24, 2.45) is 11.8 Å². The van der Waals surface area contributed by atoms with E-state index in [4.69, 9.17) is 0 Å². The zero-order valence-corrected chi connectivity index (χ0v) is 11.4. The third-order valence-corrected chi connectivity index (χ3v) is 4.44. The number of para-hydroxylation sites is 1. The molecule has 0 bridgehead atoms. The molecule has 1 aromatic carbocycles. The van der Waals surface area contributed by atoms with Crippen LogP contribution < -0.4 is 0 Å². The minimum atomic E-state index is -0.296. The van der Waals surface area contributed by atoms with Gasteiger partial charge in [0.25, 0.3) is 0 Å². The van der Waals surface area contributed by atoms with Gasteiger partial charge in [-0.3, -0.25) is 0 Å². The fraction of sp³-hybridized carbons (Fsp3) is 0.500. The Hall–Kier alpha value is -0.930. The standard InChI is InChI=1S/C14H19NOS/c1-9(2)10(3)12(16)8-14-15-11-6-4-5-7-13(11)17-14/h4-7,9-10,12,16H,8H2,1-3H3. The molecule has 0 fully saturated rings. The van der Waals surface area contributed by atoms with E-state index in [-0.39, 0.29) is 6.10 Å². The van der Waals surface area contributed by atoms with Crippen molar-refractivity contribution >= 4 is 21.6 Å². The van der Waals surface area contributed by atoms with Crippen molar-refractivity contribution in [2.45, 2.75) is 33.3 Å². The highest BCUT2D eigenvalue weighted by molar-refractivity contribution is 7.18. The Kier molecular flexibility index (Phi) is 3.79. The molecule has 0 aliphatic heterocycles. The third kappa shape index (κ3) is 2.85. The lowest BCUT2D eigenvalue weighted by molar-refractivity contribution is 0.0921. The summed E-state index contributed by atoms with van der Waals surface area (Å²) in [6, 6.07) is 8.12. The summed E-state index contributed by atoms with van der Waals surface area (Å²) in [5, 5.41) is 11.2. The molecule has 2 unspecified atom stereocenters. The maximum atomic E-state index is 10.1. The summed E-state index contributed by atoms with van der Waals surface area (Å²) in [7, 11) is 0. The summed E-state index contributed by atoms with van der Waals surface area (Å²) < 4.78 is 1.20. The second-order valence-electron chi connectivity index (χ2n) is 4.95. The van der Waals surface area contributed by atoms with E-state index in [2.05, 4.69) is 31.8 Å². The number of aromatic nitrogens is 1. The van der Waals surface area contributed by atoms with Gasteiger partial charge in [0.15, 0.2) is 0 Å². The van der Waals surface area contributed by atoms with E-state index in [1.54, 1.807) is 11.3 Å². The summed E-state index contributed by atoms with van der Waals surface area (Å²) in [4.78, 5) is 4.55. The first-order valence-corrected chi connectivity index (χ1v) is 6.92. The van der Waals surface area contributed by atoms with Crippen molar-refractivity contribution in [3.8, 4) is 0 Å². The number of benzene rings is 1. The van der Waals surface area contributed by atoms with Crippen LogP contribution in [0.5, 0.6) is 0 Å².